The monoisotopic (exact) mass is 398 g/mol. The van der Waals surface area contributed by atoms with E-state index in [4.69, 9.17) is 11.6 Å². The van der Waals surface area contributed by atoms with Crippen LogP contribution in [-0.2, 0) is 16.1 Å². The van der Waals surface area contributed by atoms with Gasteiger partial charge in [-0.2, -0.15) is 0 Å². The molecular weight excluding hydrogens is 376 g/mol. The lowest BCUT2D eigenvalue weighted by Crippen LogP contribution is -2.34. The first kappa shape index (κ1) is 20.1. The molecule has 0 radical (unpaired) electrons. The number of rotatable bonds is 6. The number of likely N-dealkylation sites (N-methyl/N-ethyl adjacent to an activating group) is 1. The predicted octanol–water partition coefficient (Wildman–Crippen LogP) is 3.16. The van der Waals surface area contributed by atoms with Crippen molar-refractivity contribution in [2.75, 3.05) is 20.2 Å². The molecule has 1 aliphatic heterocycles. The van der Waals surface area contributed by atoms with Gasteiger partial charge in [-0.1, -0.05) is 41.9 Å². The summed E-state index contributed by atoms with van der Waals surface area (Å²) in [5.74, 6) is -0.688. The van der Waals surface area contributed by atoms with Gasteiger partial charge in [-0.3, -0.25) is 14.5 Å². The number of aliphatic hydroxyl groups excluding tert-OH is 1. The Morgan fingerprint density at radius 1 is 1.00 bits per heavy atom. The Hall–Kier alpha value is -2.63. The maximum atomic E-state index is 13.2. The average molecular weight is 399 g/mol. The Morgan fingerprint density at radius 3 is 2.29 bits per heavy atom. The summed E-state index contributed by atoms with van der Waals surface area (Å²) < 4.78 is 0. The topological polar surface area (TPSA) is 60.9 Å². The first-order valence-electron chi connectivity index (χ1n) is 9.08. The maximum Gasteiger partial charge on any atom is 0.278 e. The number of carbonyl (C=O) groups excluding carboxylic acids is 2. The number of carbonyl (C=O) groups is 2. The summed E-state index contributed by atoms with van der Waals surface area (Å²) in [5.41, 5.74) is 4.38. The molecule has 1 aliphatic rings. The zero-order chi connectivity index (χ0) is 20.4. The van der Waals surface area contributed by atoms with Crippen LogP contribution in [0.25, 0.3) is 5.57 Å². The minimum atomic E-state index is -0.357. The van der Waals surface area contributed by atoms with Crippen LogP contribution in [0.2, 0.25) is 5.02 Å². The molecule has 2 amide bonds. The van der Waals surface area contributed by atoms with Gasteiger partial charge in [0.25, 0.3) is 11.8 Å². The van der Waals surface area contributed by atoms with Gasteiger partial charge in [0, 0.05) is 18.6 Å². The van der Waals surface area contributed by atoms with Gasteiger partial charge in [0.15, 0.2) is 0 Å². The normalized spacial score (nSPS) is 14.2. The van der Waals surface area contributed by atoms with E-state index >= 15 is 0 Å². The van der Waals surface area contributed by atoms with Crippen LogP contribution in [0, 0.1) is 13.8 Å². The van der Waals surface area contributed by atoms with Gasteiger partial charge >= 0.3 is 0 Å². The maximum absolute atomic E-state index is 13.2. The Kier molecular flexibility index (Phi) is 5.87. The van der Waals surface area contributed by atoms with Gasteiger partial charge in [0.1, 0.15) is 5.70 Å². The molecule has 6 heteroatoms. The fraction of sp³-hybridized carbons (Fsp3) is 0.273. The van der Waals surface area contributed by atoms with Crippen molar-refractivity contribution in [3.63, 3.8) is 0 Å². The van der Waals surface area contributed by atoms with E-state index < -0.39 is 0 Å². The molecule has 28 heavy (non-hydrogen) atoms. The molecule has 2 aromatic carbocycles. The summed E-state index contributed by atoms with van der Waals surface area (Å²) in [4.78, 5) is 29.3. The SMILES string of the molecule is Cc1ccc(C2=C(N(C)CCO)C(=O)N(Cc3ccc(Cl)cc3)C2=O)cc1C. The lowest BCUT2D eigenvalue weighted by Gasteiger charge is -2.20. The summed E-state index contributed by atoms with van der Waals surface area (Å²) in [6.07, 6.45) is 0. The molecular formula is C22H23ClN2O3. The van der Waals surface area contributed by atoms with Crippen LogP contribution in [0.15, 0.2) is 48.2 Å². The van der Waals surface area contributed by atoms with Crippen LogP contribution >= 0.6 is 11.6 Å². The third kappa shape index (κ3) is 3.81. The molecule has 1 N–H and O–H groups in total. The molecule has 0 fully saturated rings. The lowest BCUT2D eigenvalue weighted by molar-refractivity contribution is -0.138. The number of hydrogen-bond acceptors (Lipinski definition) is 4. The standard InChI is InChI=1S/C22H23ClN2O3/c1-14-4-7-17(12-15(14)2)19-20(24(3)10-11-26)22(28)25(21(19)27)13-16-5-8-18(23)9-6-16/h4-9,12,26H,10-11,13H2,1-3H3. The molecule has 0 spiro atoms. The van der Waals surface area contributed by atoms with Crippen molar-refractivity contribution in [1.82, 2.24) is 9.80 Å². The van der Waals surface area contributed by atoms with Crippen LogP contribution in [-0.4, -0.2) is 46.9 Å². The van der Waals surface area contributed by atoms with Crippen molar-refractivity contribution < 1.29 is 14.7 Å². The summed E-state index contributed by atoms with van der Waals surface area (Å²) >= 11 is 5.93. The molecule has 0 unspecified atom stereocenters. The third-order valence-corrected chi connectivity index (χ3v) is 5.26. The summed E-state index contributed by atoms with van der Waals surface area (Å²) in [6, 6.07) is 12.8. The highest BCUT2D eigenvalue weighted by atomic mass is 35.5. The molecule has 0 saturated carbocycles. The van der Waals surface area contributed by atoms with Crippen molar-refractivity contribution in [1.29, 1.82) is 0 Å². The number of halogens is 1. The summed E-state index contributed by atoms with van der Waals surface area (Å²) in [5, 5.41) is 9.92. The molecule has 2 aromatic rings. The lowest BCUT2D eigenvalue weighted by atomic mass is 9.99. The van der Waals surface area contributed by atoms with Crippen molar-refractivity contribution in [2.45, 2.75) is 20.4 Å². The smallest absolute Gasteiger partial charge is 0.278 e. The Morgan fingerprint density at radius 2 is 1.68 bits per heavy atom. The number of aryl methyl sites for hydroxylation is 2. The Labute approximate surface area is 169 Å². The van der Waals surface area contributed by atoms with Gasteiger partial charge in [-0.05, 0) is 48.2 Å². The number of nitrogens with zero attached hydrogens (tertiary/aromatic N) is 2. The van der Waals surface area contributed by atoms with Gasteiger partial charge < -0.3 is 10.0 Å². The summed E-state index contributed by atoms with van der Waals surface area (Å²) in [7, 11) is 1.71. The fourth-order valence-electron chi connectivity index (χ4n) is 3.25. The Balaban J connectivity index is 2.03. The van der Waals surface area contributed by atoms with E-state index in [1.165, 1.54) is 4.90 Å². The second-order valence-corrected chi connectivity index (χ2v) is 7.43. The number of aliphatic hydroxyl groups is 1. The predicted molar refractivity (Wildman–Crippen MR) is 110 cm³/mol. The minimum absolute atomic E-state index is 0.112. The molecule has 146 valence electrons. The molecule has 3 rings (SSSR count). The first-order chi connectivity index (χ1) is 13.3. The highest BCUT2D eigenvalue weighted by molar-refractivity contribution is 6.35. The number of benzene rings is 2. The van der Waals surface area contributed by atoms with Crippen molar-refractivity contribution in [3.05, 3.63) is 75.4 Å². The minimum Gasteiger partial charge on any atom is -0.395 e. The molecule has 5 nitrogen and oxygen atoms in total. The van der Waals surface area contributed by atoms with E-state index in [-0.39, 0.29) is 31.5 Å². The molecule has 0 saturated heterocycles. The van der Waals surface area contributed by atoms with E-state index in [0.717, 1.165) is 16.7 Å². The summed E-state index contributed by atoms with van der Waals surface area (Å²) in [6.45, 7) is 4.29. The second kappa shape index (κ2) is 8.17. The van der Waals surface area contributed by atoms with E-state index in [1.807, 2.05) is 32.0 Å². The Bertz CT molecular complexity index is 951. The first-order valence-corrected chi connectivity index (χ1v) is 9.45. The van der Waals surface area contributed by atoms with Crippen LogP contribution in [0.4, 0.5) is 0 Å². The molecule has 1 heterocycles. The second-order valence-electron chi connectivity index (χ2n) is 6.99. The largest absolute Gasteiger partial charge is 0.395 e. The van der Waals surface area contributed by atoms with Crippen LogP contribution < -0.4 is 0 Å². The molecule has 0 aliphatic carbocycles. The van der Waals surface area contributed by atoms with Gasteiger partial charge in [0.2, 0.25) is 0 Å². The average Bonchev–Trinajstić information content (AvgIpc) is 2.90. The zero-order valence-corrected chi connectivity index (χ0v) is 17.0. The van der Waals surface area contributed by atoms with E-state index in [0.29, 0.717) is 21.9 Å². The van der Waals surface area contributed by atoms with Crippen molar-refractivity contribution >= 4 is 29.0 Å². The van der Waals surface area contributed by atoms with Gasteiger partial charge in [-0.25, -0.2) is 0 Å². The number of amides is 2. The van der Waals surface area contributed by atoms with Crippen molar-refractivity contribution in [3.8, 4) is 0 Å². The molecule has 0 aromatic heterocycles. The van der Waals surface area contributed by atoms with Crippen molar-refractivity contribution in [2.24, 2.45) is 0 Å². The van der Waals surface area contributed by atoms with Gasteiger partial charge in [0.05, 0.1) is 18.7 Å². The van der Waals surface area contributed by atoms with Crippen LogP contribution in [0.1, 0.15) is 22.3 Å². The number of imide groups is 1. The quantitative estimate of drug-likeness (QED) is 0.759. The zero-order valence-electron chi connectivity index (χ0n) is 16.2. The number of hydrogen-bond donors (Lipinski definition) is 1. The van der Waals surface area contributed by atoms with Crippen LogP contribution in [0.5, 0.6) is 0 Å². The van der Waals surface area contributed by atoms with E-state index in [1.54, 1.807) is 36.2 Å². The highest BCUT2D eigenvalue weighted by Gasteiger charge is 2.40. The third-order valence-electron chi connectivity index (χ3n) is 5.01. The van der Waals surface area contributed by atoms with Crippen LogP contribution in [0.3, 0.4) is 0 Å². The van der Waals surface area contributed by atoms with Gasteiger partial charge in [-0.15, -0.1) is 0 Å². The fourth-order valence-corrected chi connectivity index (χ4v) is 3.38. The van der Waals surface area contributed by atoms with E-state index in [9.17, 15) is 14.7 Å². The molecule has 0 bridgehead atoms. The highest BCUT2D eigenvalue weighted by Crippen LogP contribution is 2.33. The molecule has 0 atom stereocenters. The van der Waals surface area contributed by atoms with E-state index in [2.05, 4.69) is 0 Å².